The Hall–Kier alpha value is -2.38. The molecule has 0 aliphatic carbocycles. The lowest BCUT2D eigenvalue weighted by atomic mass is 10.0. The summed E-state index contributed by atoms with van der Waals surface area (Å²) in [6, 6.07) is 7.04. The zero-order chi connectivity index (χ0) is 18.7. The van der Waals surface area contributed by atoms with Crippen LogP contribution < -0.4 is 4.74 Å². The fourth-order valence-electron chi connectivity index (χ4n) is 3.35. The molecule has 2 aliphatic rings. The zero-order valence-corrected chi connectivity index (χ0v) is 15.1. The van der Waals surface area contributed by atoms with Gasteiger partial charge in [-0.05, 0) is 30.5 Å². The van der Waals surface area contributed by atoms with Crippen LogP contribution in [-0.4, -0.2) is 73.3 Å². The Morgan fingerprint density at radius 3 is 2.58 bits per heavy atom. The second-order valence-corrected chi connectivity index (χ2v) is 6.45. The molecule has 26 heavy (non-hydrogen) atoms. The highest BCUT2D eigenvalue weighted by Crippen LogP contribution is 2.32. The van der Waals surface area contributed by atoms with E-state index in [4.69, 9.17) is 9.47 Å². The number of likely N-dealkylation sites (N-methyl/N-ethyl adjacent to an activating group) is 1. The number of amides is 2. The van der Waals surface area contributed by atoms with Gasteiger partial charge >= 0.3 is 0 Å². The molecular weight excluding hydrogens is 336 g/mol. The molecule has 0 spiro atoms. The number of ether oxygens (including phenoxy) is 2. The molecular formula is C19H24N2O5. The summed E-state index contributed by atoms with van der Waals surface area (Å²) in [5.74, 6) is 0.00956. The molecule has 1 aromatic carbocycles. The quantitative estimate of drug-likeness (QED) is 0.727. The first-order chi connectivity index (χ1) is 12.6. The molecule has 140 valence electrons. The lowest BCUT2D eigenvalue weighted by Crippen LogP contribution is -2.39. The molecule has 0 bridgehead atoms. The molecule has 0 saturated carbocycles. The van der Waals surface area contributed by atoms with Crippen molar-refractivity contribution in [2.75, 3.05) is 40.5 Å². The third-order valence-electron chi connectivity index (χ3n) is 4.75. The summed E-state index contributed by atoms with van der Waals surface area (Å²) in [7, 11) is 3.28. The van der Waals surface area contributed by atoms with Gasteiger partial charge in [-0.25, -0.2) is 0 Å². The van der Waals surface area contributed by atoms with Gasteiger partial charge in [-0.3, -0.25) is 14.5 Å². The highest BCUT2D eigenvalue weighted by Gasteiger charge is 2.42. The molecule has 1 aromatic rings. The summed E-state index contributed by atoms with van der Waals surface area (Å²) in [5.41, 5.74) is 1.32. The van der Waals surface area contributed by atoms with Crippen molar-refractivity contribution in [1.82, 2.24) is 9.80 Å². The third kappa shape index (κ3) is 3.45. The van der Waals surface area contributed by atoms with E-state index in [9.17, 15) is 14.7 Å². The van der Waals surface area contributed by atoms with Gasteiger partial charge in [0.2, 0.25) is 0 Å². The summed E-state index contributed by atoms with van der Waals surface area (Å²) in [6.45, 7) is 1.08. The highest BCUT2D eigenvalue weighted by atomic mass is 16.5. The average Bonchev–Trinajstić information content (AvgIpc) is 3.24. The second kappa shape index (κ2) is 7.88. The lowest BCUT2D eigenvalue weighted by molar-refractivity contribution is -0.139. The number of hydrogen-bond donors (Lipinski definition) is 1. The van der Waals surface area contributed by atoms with Crippen molar-refractivity contribution in [3.8, 4) is 5.75 Å². The molecule has 0 radical (unpaired) electrons. The number of methoxy groups -OCH3 is 1. The van der Waals surface area contributed by atoms with Crippen LogP contribution >= 0.6 is 0 Å². The summed E-state index contributed by atoms with van der Waals surface area (Å²) in [5, 5.41) is 9.26. The van der Waals surface area contributed by atoms with Crippen LogP contribution in [0.5, 0.6) is 5.75 Å². The molecule has 1 unspecified atom stereocenters. The van der Waals surface area contributed by atoms with E-state index in [1.807, 2.05) is 0 Å². The van der Waals surface area contributed by atoms with Crippen molar-refractivity contribution in [3.05, 3.63) is 35.5 Å². The third-order valence-corrected chi connectivity index (χ3v) is 4.75. The van der Waals surface area contributed by atoms with Gasteiger partial charge in [-0.15, -0.1) is 0 Å². The van der Waals surface area contributed by atoms with Gasteiger partial charge in [0, 0.05) is 20.2 Å². The maximum absolute atomic E-state index is 13.0. The van der Waals surface area contributed by atoms with Crippen LogP contribution in [-0.2, 0) is 14.3 Å². The summed E-state index contributed by atoms with van der Waals surface area (Å²) in [6.07, 6.45) is 1.68. The molecule has 3 rings (SSSR count). The number of aliphatic hydroxyl groups is 1. The number of imide groups is 1. The van der Waals surface area contributed by atoms with Crippen molar-refractivity contribution >= 4 is 17.4 Å². The van der Waals surface area contributed by atoms with Crippen LogP contribution in [0.1, 0.15) is 18.4 Å². The normalized spacial score (nSPS) is 20.3. The predicted molar refractivity (Wildman–Crippen MR) is 95.3 cm³/mol. The minimum atomic E-state index is -0.340. The number of benzene rings is 1. The molecule has 0 aromatic heterocycles. The van der Waals surface area contributed by atoms with Crippen molar-refractivity contribution < 1.29 is 24.2 Å². The smallest absolute Gasteiger partial charge is 0.277 e. The maximum Gasteiger partial charge on any atom is 0.277 e. The highest BCUT2D eigenvalue weighted by molar-refractivity contribution is 6.35. The molecule has 1 fully saturated rings. The minimum Gasteiger partial charge on any atom is -0.497 e. The molecule has 2 heterocycles. The van der Waals surface area contributed by atoms with E-state index in [0.29, 0.717) is 29.2 Å². The van der Waals surface area contributed by atoms with E-state index in [0.717, 1.165) is 12.8 Å². The van der Waals surface area contributed by atoms with Gasteiger partial charge in [0.05, 0.1) is 31.9 Å². The first-order valence-electron chi connectivity index (χ1n) is 8.75. The largest absolute Gasteiger partial charge is 0.497 e. The fourth-order valence-corrected chi connectivity index (χ4v) is 3.35. The van der Waals surface area contributed by atoms with Crippen LogP contribution in [0, 0.1) is 0 Å². The van der Waals surface area contributed by atoms with Crippen LogP contribution in [0.15, 0.2) is 30.0 Å². The van der Waals surface area contributed by atoms with Crippen LogP contribution in [0.4, 0.5) is 0 Å². The molecule has 1 atom stereocenters. The summed E-state index contributed by atoms with van der Waals surface area (Å²) in [4.78, 5) is 28.9. The van der Waals surface area contributed by atoms with E-state index in [2.05, 4.69) is 0 Å². The topological polar surface area (TPSA) is 79.3 Å². The van der Waals surface area contributed by atoms with E-state index >= 15 is 0 Å². The van der Waals surface area contributed by atoms with E-state index < -0.39 is 0 Å². The monoisotopic (exact) mass is 360 g/mol. The Morgan fingerprint density at radius 2 is 2.00 bits per heavy atom. The molecule has 1 saturated heterocycles. The van der Waals surface area contributed by atoms with Crippen molar-refractivity contribution in [2.24, 2.45) is 0 Å². The van der Waals surface area contributed by atoms with E-state index in [-0.39, 0.29) is 37.6 Å². The minimum absolute atomic E-state index is 0.108. The molecule has 1 N–H and O–H groups in total. The first-order valence-corrected chi connectivity index (χ1v) is 8.75. The molecule has 7 nitrogen and oxygen atoms in total. The zero-order valence-electron chi connectivity index (χ0n) is 15.1. The number of hydrogen-bond acceptors (Lipinski definition) is 6. The van der Waals surface area contributed by atoms with E-state index in [1.54, 1.807) is 43.3 Å². The maximum atomic E-state index is 13.0. The van der Waals surface area contributed by atoms with Gasteiger partial charge in [-0.1, -0.05) is 12.1 Å². The lowest BCUT2D eigenvalue weighted by Gasteiger charge is -2.22. The van der Waals surface area contributed by atoms with Gasteiger partial charge in [0.25, 0.3) is 11.8 Å². The Morgan fingerprint density at radius 1 is 1.27 bits per heavy atom. The summed E-state index contributed by atoms with van der Waals surface area (Å²) < 4.78 is 10.8. The second-order valence-electron chi connectivity index (χ2n) is 6.45. The van der Waals surface area contributed by atoms with Gasteiger partial charge in [-0.2, -0.15) is 0 Å². The summed E-state index contributed by atoms with van der Waals surface area (Å²) >= 11 is 0. The Balaban J connectivity index is 1.95. The van der Waals surface area contributed by atoms with Crippen LogP contribution in [0.25, 0.3) is 5.57 Å². The first kappa shape index (κ1) is 18.4. The standard InChI is InChI=1S/C19H24N2O5/c1-20(9-10-22)17-16(13-5-7-14(25-2)8-6-13)18(23)21(19(17)24)12-15-4-3-11-26-15/h5-8,15,22H,3-4,9-12H2,1-2H3. The Kier molecular flexibility index (Phi) is 5.58. The van der Waals surface area contributed by atoms with Crippen molar-refractivity contribution in [3.63, 3.8) is 0 Å². The van der Waals surface area contributed by atoms with Crippen LogP contribution in [0.3, 0.4) is 0 Å². The number of nitrogens with zero attached hydrogens (tertiary/aromatic N) is 2. The predicted octanol–water partition coefficient (Wildman–Crippen LogP) is 0.878. The average molecular weight is 360 g/mol. The van der Waals surface area contributed by atoms with Crippen molar-refractivity contribution in [1.29, 1.82) is 0 Å². The Bertz CT molecular complexity index is 707. The van der Waals surface area contributed by atoms with Gasteiger partial charge in [0.15, 0.2) is 0 Å². The molecule has 2 amide bonds. The van der Waals surface area contributed by atoms with Gasteiger partial charge < -0.3 is 19.5 Å². The number of carbonyl (C=O) groups is 2. The SMILES string of the molecule is COc1ccc(C2=C(N(C)CCO)C(=O)N(CC3CCCO3)C2=O)cc1. The number of carbonyl (C=O) groups excluding carboxylic acids is 2. The Labute approximate surface area is 152 Å². The van der Waals surface area contributed by atoms with Gasteiger partial charge in [0.1, 0.15) is 11.4 Å². The number of rotatable bonds is 7. The fraction of sp³-hybridized carbons (Fsp3) is 0.474. The number of aliphatic hydroxyl groups excluding tert-OH is 1. The molecule has 2 aliphatic heterocycles. The van der Waals surface area contributed by atoms with E-state index in [1.165, 1.54) is 4.90 Å². The van der Waals surface area contributed by atoms with Crippen molar-refractivity contribution in [2.45, 2.75) is 18.9 Å². The van der Waals surface area contributed by atoms with Crippen LogP contribution in [0.2, 0.25) is 0 Å². The molecule has 7 heteroatoms.